The molecule has 0 fully saturated rings. The smallest absolute Gasteiger partial charge is 0.339 e. The Bertz CT molecular complexity index is 1440. The number of hydrogen-bond acceptors (Lipinski definition) is 6. The third-order valence-corrected chi connectivity index (χ3v) is 9.47. The van der Waals surface area contributed by atoms with Crippen molar-refractivity contribution in [3.8, 4) is 0 Å². The highest BCUT2D eigenvalue weighted by Crippen LogP contribution is 2.37. The van der Waals surface area contributed by atoms with Gasteiger partial charge in [-0.2, -0.15) is 0 Å². The number of carbonyl (C=O) groups excluding carboxylic acids is 2. The molecule has 2 aromatic rings. The van der Waals surface area contributed by atoms with Crippen molar-refractivity contribution in [2.45, 2.75) is 156 Å². The summed E-state index contributed by atoms with van der Waals surface area (Å²) in [7, 11) is 0. The van der Waals surface area contributed by atoms with Crippen molar-refractivity contribution in [3.63, 3.8) is 0 Å². The predicted octanol–water partition coefficient (Wildman–Crippen LogP) is 13.6. The molecule has 0 spiro atoms. The van der Waals surface area contributed by atoms with Crippen LogP contribution < -0.4 is 0 Å². The van der Waals surface area contributed by atoms with Crippen molar-refractivity contribution in [1.29, 1.82) is 0 Å². The molecule has 0 saturated heterocycles. The Morgan fingerprint density at radius 2 is 0.741 bits per heavy atom. The summed E-state index contributed by atoms with van der Waals surface area (Å²) >= 11 is 0. The van der Waals surface area contributed by atoms with Gasteiger partial charge >= 0.3 is 11.9 Å². The third kappa shape index (κ3) is 13.2. The summed E-state index contributed by atoms with van der Waals surface area (Å²) in [4.78, 5) is 32.5. The van der Waals surface area contributed by atoms with Crippen LogP contribution in [0.2, 0.25) is 0 Å². The summed E-state index contributed by atoms with van der Waals surface area (Å²) in [5.41, 5.74) is 15.6. The van der Waals surface area contributed by atoms with Crippen molar-refractivity contribution >= 4 is 23.3 Å². The number of unbranched alkanes of at least 4 members (excludes halogenated alkanes) is 12. The molecule has 0 aromatic heterocycles. The van der Waals surface area contributed by atoms with Crippen molar-refractivity contribution in [1.82, 2.24) is 0 Å². The molecular weight excluding hydrogens is 704 g/mol. The topological polar surface area (TPSA) is 150 Å². The molecule has 0 aliphatic carbocycles. The summed E-state index contributed by atoms with van der Waals surface area (Å²) in [5.74, 6) is -6.55. The highest BCUT2D eigenvalue weighted by Gasteiger charge is 2.30. The van der Waals surface area contributed by atoms with E-state index in [2.05, 4.69) is 20.1 Å². The molecule has 0 radical (unpaired) electrons. The molecule has 14 heteroatoms. The minimum atomic E-state index is -1.12. The maximum absolute atomic E-state index is 15.8. The van der Waals surface area contributed by atoms with Gasteiger partial charge in [0.25, 0.3) is 0 Å². The van der Waals surface area contributed by atoms with Gasteiger partial charge < -0.3 is 9.47 Å². The fourth-order valence-corrected chi connectivity index (χ4v) is 6.59. The number of rotatable bonds is 27. The quantitative estimate of drug-likeness (QED) is 0.0222. The second-order valence-electron chi connectivity index (χ2n) is 13.5. The molecule has 0 saturated carbocycles. The molecule has 0 aliphatic heterocycles. The van der Waals surface area contributed by atoms with Gasteiger partial charge in [0.05, 0.1) is 11.1 Å². The van der Waals surface area contributed by atoms with Gasteiger partial charge in [0.2, 0.25) is 0 Å². The lowest BCUT2D eigenvalue weighted by atomic mass is 9.91. The molecule has 0 unspecified atom stereocenters. The van der Waals surface area contributed by atoms with E-state index in [1.54, 1.807) is 0 Å². The first-order chi connectivity index (χ1) is 26.1. The lowest BCUT2D eigenvalue weighted by Crippen LogP contribution is -2.20. The van der Waals surface area contributed by atoms with E-state index in [0.717, 1.165) is 77.0 Å². The van der Waals surface area contributed by atoms with E-state index in [1.807, 2.05) is 27.7 Å². The number of nitrogens with zero attached hydrogens (tertiary/aromatic N) is 6. The third-order valence-electron chi connectivity index (χ3n) is 9.47. The van der Waals surface area contributed by atoms with Crippen molar-refractivity contribution < 1.29 is 36.6 Å². The van der Waals surface area contributed by atoms with E-state index in [0.29, 0.717) is 25.7 Å². The van der Waals surface area contributed by atoms with Gasteiger partial charge in [-0.3, -0.25) is 0 Å². The summed E-state index contributed by atoms with van der Waals surface area (Å²) in [5, 5.41) is 6.56. The zero-order valence-corrected chi connectivity index (χ0v) is 32.4. The van der Waals surface area contributed by atoms with Crippen LogP contribution in [0.5, 0.6) is 0 Å². The molecule has 0 aliphatic rings. The lowest BCUT2D eigenvalue weighted by molar-refractivity contribution is 0.0261. The monoisotopic (exact) mass is 760 g/mol. The fraction of sp³-hybridized carbons (Fsp3) is 0.650. The Morgan fingerprint density at radius 3 is 0.963 bits per heavy atom. The summed E-state index contributed by atoms with van der Waals surface area (Å²) in [6.07, 6.45) is 12.3. The molecule has 10 nitrogen and oxygen atoms in total. The number of benzene rings is 2. The molecule has 298 valence electrons. The van der Waals surface area contributed by atoms with Crippen LogP contribution in [-0.4, -0.2) is 25.2 Å². The zero-order chi connectivity index (χ0) is 39.9. The van der Waals surface area contributed by atoms with Gasteiger partial charge in [-0.25, -0.2) is 27.2 Å². The number of esters is 2. The van der Waals surface area contributed by atoms with Crippen LogP contribution in [-0.2, 0) is 35.2 Å². The maximum atomic E-state index is 15.8. The number of ether oxygens (including phenoxy) is 2. The Kier molecular flexibility index (Phi) is 21.8. The highest BCUT2D eigenvalue weighted by molar-refractivity contribution is 5.95. The van der Waals surface area contributed by atoms with E-state index < -0.39 is 59.8 Å². The maximum Gasteiger partial charge on any atom is 0.339 e. The van der Waals surface area contributed by atoms with Gasteiger partial charge in [0.15, 0.2) is 0 Å². The van der Waals surface area contributed by atoms with Crippen molar-refractivity contribution in [3.05, 3.63) is 77.5 Å². The van der Waals surface area contributed by atoms with Gasteiger partial charge in [-0.1, -0.05) is 115 Å². The number of azide groups is 2. The highest BCUT2D eigenvalue weighted by atomic mass is 19.1. The summed E-state index contributed by atoms with van der Waals surface area (Å²) < 4.78 is 74.0. The molecule has 2 aromatic carbocycles. The molecule has 2 rings (SSSR count). The normalized spacial score (nSPS) is 10.9. The van der Waals surface area contributed by atoms with Gasteiger partial charge in [0.1, 0.15) is 47.9 Å². The molecule has 0 heterocycles. The zero-order valence-electron chi connectivity index (χ0n) is 32.4. The standard InChI is InChI=1S/C40H56F4N6O4/c1-5-9-13-17-21-27-31(28(22-18-14-10-6-2)34(42)37(33(27)41)47-49-45)39(51)53-25-26-54-40(52)32-29(23-19-15-11-7-3)35(43)38(48-50-46)36(44)30(32)24-20-16-12-8-4/h5-26H2,1-4H3. The van der Waals surface area contributed by atoms with Crippen LogP contribution in [0.3, 0.4) is 0 Å². The second-order valence-corrected chi connectivity index (χ2v) is 13.5. The van der Waals surface area contributed by atoms with Crippen LogP contribution in [0.4, 0.5) is 28.9 Å². The number of hydrogen-bond donors (Lipinski definition) is 0. The van der Waals surface area contributed by atoms with Crippen molar-refractivity contribution in [2.24, 2.45) is 10.2 Å². The van der Waals surface area contributed by atoms with Gasteiger partial charge in [-0.05, 0) is 62.4 Å². The first-order valence-electron chi connectivity index (χ1n) is 19.6. The average Bonchev–Trinajstić information content (AvgIpc) is 3.16. The van der Waals surface area contributed by atoms with Crippen LogP contribution in [0, 0.1) is 23.3 Å². The van der Waals surface area contributed by atoms with Gasteiger partial charge in [-0.15, -0.1) is 0 Å². The predicted molar refractivity (Wildman–Crippen MR) is 202 cm³/mol. The summed E-state index contributed by atoms with van der Waals surface area (Å²) in [6.45, 7) is 7.01. The minimum absolute atomic E-state index is 0.0759. The number of carbonyl (C=O) groups is 2. The van der Waals surface area contributed by atoms with E-state index in [1.165, 1.54) is 0 Å². The van der Waals surface area contributed by atoms with E-state index in [4.69, 9.17) is 20.5 Å². The molecule has 0 bridgehead atoms. The lowest BCUT2D eigenvalue weighted by Gasteiger charge is -2.19. The fourth-order valence-electron chi connectivity index (χ4n) is 6.59. The SMILES string of the molecule is CCCCCCc1c(F)c(N=[N+]=[N-])c(F)c(CCCCCC)c1C(=O)OCCOC(=O)c1c(CCCCCC)c(F)c(N=[N+]=[N-])c(F)c1CCCCCC. The largest absolute Gasteiger partial charge is 0.458 e. The van der Waals surface area contributed by atoms with E-state index in [9.17, 15) is 9.59 Å². The van der Waals surface area contributed by atoms with Crippen LogP contribution >= 0.6 is 0 Å². The van der Waals surface area contributed by atoms with Gasteiger partial charge in [0, 0.05) is 32.1 Å². The molecule has 0 amide bonds. The van der Waals surface area contributed by atoms with Crippen molar-refractivity contribution in [2.75, 3.05) is 13.2 Å². The molecule has 0 atom stereocenters. The Morgan fingerprint density at radius 1 is 0.481 bits per heavy atom. The minimum Gasteiger partial charge on any atom is -0.458 e. The molecule has 54 heavy (non-hydrogen) atoms. The van der Waals surface area contributed by atoms with Crippen LogP contribution in [0.1, 0.15) is 173 Å². The number of halogens is 4. The van der Waals surface area contributed by atoms with Crippen LogP contribution in [0.15, 0.2) is 10.2 Å². The Hall–Kier alpha value is -4.28. The Labute approximate surface area is 316 Å². The second kappa shape index (κ2) is 25.7. The first-order valence-corrected chi connectivity index (χ1v) is 19.6. The van der Waals surface area contributed by atoms with E-state index >= 15 is 17.6 Å². The average molecular weight is 761 g/mol. The van der Waals surface area contributed by atoms with E-state index in [-0.39, 0.29) is 59.1 Å². The Balaban J connectivity index is 2.47. The molecule has 0 N–H and O–H groups in total. The van der Waals surface area contributed by atoms with Crippen LogP contribution in [0.25, 0.3) is 20.9 Å². The summed E-state index contributed by atoms with van der Waals surface area (Å²) in [6, 6.07) is 0. The molecular formula is C40H56F4N6O4. The first kappa shape index (κ1) is 45.9.